The smallest absolute Gasteiger partial charge is 0.330 e. The van der Waals surface area contributed by atoms with Gasteiger partial charge in [-0.2, -0.15) is 0 Å². The van der Waals surface area contributed by atoms with Crippen molar-refractivity contribution in [1.29, 1.82) is 0 Å². The van der Waals surface area contributed by atoms with E-state index in [0.29, 0.717) is 0 Å². The van der Waals surface area contributed by atoms with Crippen LogP contribution in [-0.2, 0) is 20.7 Å². The number of halogens is 4. The number of rotatable bonds is 11. The summed E-state index contributed by atoms with van der Waals surface area (Å²) in [6, 6.07) is 1.48. The van der Waals surface area contributed by atoms with Crippen LogP contribution in [0.1, 0.15) is 39.5 Å². The zero-order valence-corrected chi connectivity index (χ0v) is 25.8. The molecule has 2 aromatic rings. The first-order chi connectivity index (χ1) is 19.2. The molecule has 2 heterocycles. The molecule has 16 heteroatoms. The van der Waals surface area contributed by atoms with Gasteiger partial charge >= 0.3 is 5.69 Å². The van der Waals surface area contributed by atoms with E-state index in [2.05, 4.69) is 10.3 Å². The Labute approximate surface area is 257 Å². The third-order valence-corrected chi connectivity index (χ3v) is 7.51. The van der Waals surface area contributed by atoms with Crippen LogP contribution in [0.3, 0.4) is 0 Å². The van der Waals surface area contributed by atoms with Gasteiger partial charge in [0.25, 0.3) is 11.5 Å². The number of ketones is 1. The van der Waals surface area contributed by atoms with Crippen LogP contribution in [0.25, 0.3) is 0 Å². The van der Waals surface area contributed by atoms with E-state index >= 15 is 4.39 Å². The summed E-state index contributed by atoms with van der Waals surface area (Å²) >= 11 is 12.2. The van der Waals surface area contributed by atoms with Gasteiger partial charge in [0.2, 0.25) is 0 Å². The average molecular weight is 656 g/mol. The molecule has 0 radical (unpaired) electrons. The van der Waals surface area contributed by atoms with Gasteiger partial charge in [-0.15, -0.1) is 12.4 Å². The number of amides is 1. The molecule has 1 aliphatic heterocycles. The Hall–Kier alpha value is -2.68. The molecule has 0 unspecified atom stereocenters. The van der Waals surface area contributed by atoms with Crippen LogP contribution in [-0.4, -0.2) is 70.0 Å². The van der Waals surface area contributed by atoms with Crippen molar-refractivity contribution in [3.8, 4) is 11.5 Å². The number of ether oxygens (including phenoxy) is 3. The van der Waals surface area contributed by atoms with Crippen LogP contribution < -0.4 is 31.8 Å². The van der Waals surface area contributed by atoms with E-state index in [1.54, 1.807) is 20.8 Å². The second-order valence-electron chi connectivity index (χ2n) is 9.97. The SMILES string of the molecule is CCc1cn([C@@H]2O[C@H](CNC(=O)[C@@H](C)Oc3cc(OC)c(Cl)cc3Cl)[C@](O)(C(=O)[C@@H](N)C(C)C)[C@H]2F)c(=O)[nH]c1=O.Cl. The van der Waals surface area contributed by atoms with Crippen LogP contribution in [0.2, 0.25) is 10.0 Å². The summed E-state index contributed by atoms with van der Waals surface area (Å²) in [5.41, 5.74) is 1.61. The minimum absolute atomic E-state index is 0. The number of alkyl halides is 1. The molecule has 0 spiro atoms. The Morgan fingerprint density at radius 1 is 1.24 bits per heavy atom. The lowest BCUT2D eigenvalue weighted by Gasteiger charge is -2.32. The predicted molar refractivity (Wildman–Crippen MR) is 156 cm³/mol. The normalized spacial score (nSPS) is 23.2. The molecular weight excluding hydrogens is 622 g/mol. The molecule has 0 bridgehead atoms. The minimum atomic E-state index is -2.85. The van der Waals surface area contributed by atoms with Crippen molar-refractivity contribution in [2.75, 3.05) is 13.7 Å². The number of benzene rings is 1. The van der Waals surface area contributed by atoms with Crippen LogP contribution in [0.4, 0.5) is 4.39 Å². The van der Waals surface area contributed by atoms with Gasteiger partial charge in [-0.05, 0) is 25.3 Å². The third kappa shape index (κ3) is 6.92. The molecule has 5 N–H and O–H groups in total. The number of nitrogens with zero attached hydrogens (tertiary/aromatic N) is 1. The number of hydrogen-bond donors (Lipinski definition) is 4. The van der Waals surface area contributed by atoms with Crippen LogP contribution in [0.15, 0.2) is 27.9 Å². The van der Waals surface area contributed by atoms with E-state index in [1.807, 2.05) is 0 Å². The van der Waals surface area contributed by atoms with Crippen molar-refractivity contribution < 1.29 is 33.3 Å². The number of H-pyrrole nitrogens is 1. The number of carbonyl (C=O) groups is 2. The van der Waals surface area contributed by atoms with E-state index < -0.39 is 71.7 Å². The maximum Gasteiger partial charge on any atom is 0.330 e. The molecule has 1 aromatic heterocycles. The lowest BCUT2D eigenvalue weighted by Crippen LogP contribution is -2.62. The molecule has 1 aliphatic rings. The zero-order chi connectivity index (χ0) is 30.8. The number of aliphatic hydroxyl groups is 1. The number of hydrogen-bond acceptors (Lipinski definition) is 9. The highest BCUT2D eigenvalue weighted by atomic mass is 35.5. The maximum atomic E-state index is 16.0. The molecule has 0 aliphatic carbocycles. The van der Waals surface area contributed by atoms with E-state index in [1.165, 1.54) is 26.2 Å². The molecule has 234 valence electrons. The summed E-state index contributed by atoms with van der Waals surface area (Å²) in [6.45, 7) is 5.71. The number of nitrogens with one attached hydrogen (secondary N) is 2. The van der Waals surface area contributed by atoms with Gasteiger partial charge in [0.15, 0.2) is 29.9 Å². The van der Waals surface area contributed by atoms with Crippen LogP contribution >= 0.6 is 35.6 Å². The second-order valence-corrected chi connectivity index (χ2v) is 10.8. The first kappa shape index (κ1) is 35.5. The van der Waals surface area contributed by atoms with E-state index in [4.69, 9.17) is 43.1 Å². The van der Waals surface area contributed by atoms with Crippen molar-refractivity contribution in [3.05, 3.63) is 54.8 Å². The standard InChI is InChI=1S/C26H33Cl2FN4O8.ClH/c1-6-13-10-33(25(37)32-23(13)36)24-20(29)26(38,21(34)19(30)11(2)3)18(41-24)9-31-22(35)12(4)40-17-8-16(39-5)14(27)7-15(17)28;/h7-8,10-12,18-20,24,38H,6,9,30H2,1-5H3,(H,31,35)(H,32,36,37);1H/t12-,18-,19+,20+,24-,26-;/m1./s1. The largest absolute Gasteiger partial charge is 0.495 e. The molecule has 6 atom stereocenters. The average Bonchev–Trinajstić information content (AvgIpc) is 3.18. The predicted octanol–water partition coefficient (Wildman–Crippen LogP) is 1.94. The summed E-state index contributed by atoms with van der Waals surface area (Å²) in [7, 11) is 1.39. The molecule has 1 saturated heterocycles. The third-order valence-electron chi connectivity index (χ3n) is 6.92. The summed E-state index contributed by atoms with van der Waals surface area (Å²) in [5.74, 6) is -1.93. The van der Waals surface area contributed by atoms with Gasteiger partial charge in [-0.25, -0.2) is 9.18 Å². The lowest BCUT2D eigenvalue weighted by atomic mass is 9.81. The molecule has 1 fully saturated rings. The summed E-state index contributed by atoms with van der Waals surface area (Å²) < 4.78 is 33.2. The number of Topliss-reactive ketones (excluding diaryl/α,β-unsaturated/α-hetero) is 1. The Bertz CT molecular complexity index is 1420. The molecule has 42 heavy (non-hydrogen) atoms. The van der Waals surface area contributed by atoms with Gasteiger partial charge in [0.05, 0.1) is 23.2 Å². The highest BCUT2D eigenvalue weighted by Gasteiger charge is 2.63. The fraction of sp³-hybridized carbons (Fsp3) is 0.538. The Balaban J connectivity index is 0.00000616. The number of methoxy groups -OCH3 is 1. The van der Waals surface area contributed by atoms with Crippen molar-refractivity contribution in [3.63, 3.8) is 0 Å². The number of carbonyl (C=O) groups excluding carboxylic acids is 2. The van der Waals surface area contributed by atoms with Gasteiger partial charge in [-0.1, -0.05) is 44.0 Å². The lowest BCUT2D eigenvalue weighted by molar-refractivity contribution is -0.150. The molecule has 1 amide bonds. The molecule has 1 aromatic carbocycles. The molecule has 0 saturated carbocycles. The van der Waals surface area contributed by atoms with Crippen LogP contribution in [0, 0.1) is 5.92 Å². The van der Waals surface area contributed by atoms with Gasteiger partial charge < -0.3 is 30.4 Å². The van der Waals surface area contributed by atoms with E-state index in [0.717, 1.165) is 10.8 Å². The monoisotopic (exact) mass is 654 g/mol. The van der Waals surface area contributed by atoms with Gasteiger partial charge in [-0.3, -0.25) is 23.9 Å². The van der Waals surface area contributed by atoms with Crippen molar-refractivity contribution in [2.45, 2.75) is 70.4 Å². The topological polar surface area (TPSA) is 175 Å². The van der Waals surface area contributed by atoms with Gasteiger partial charge in [0, 0.05) is 24.4 Å². The van der Waals surface area contributed by atoms with Crippen molar-refractivity contribution in [2.24, 2.45) is 11.7 Å². The Kier molecular flexibility index (Phi) is 12.0. The number of aromatic amines is 1. The summed E-state index contributed by atoms with van der Waals surface area (Å²) in [4.78, 5) is 52.8. The quantitative estimate of drug-likeness (QED) is 0.282. The first-order valence-electron chi connectivity index (χ1n) is 12.8. The van der Waals surface area contributed by atoms with Crippen molar-refractivity contribution in [1.82, 2.24) is 14.9 Å². The highest BCUT2D eigenvalue weighted by molar-refractivity contribution is 6.36. The van der Waals surface area contributed by atoms with E-state index in [-0.39, 0.29) is 45.9 Å². The minimum Gasteiger partial charge on any atom is -0.495 e. The summed E-state index contributed by atoms with van der Waals surface area (Å²) in [5, 5.41) is 14.3. The maximum absolute atomic E-state index is 16.0. The fourth-order valence-corrected chi connectivity index (χ4v) is 4.82. The van der Waals surface area contributed by atoms with E-state index in [9.17, 15) is 24.3 Å². The Morgan fingerprint density at radius 3 is 2.43 bits per heavy atom. The summed E-state index contributed by atoms with van der Waals surface area (Å²) in [6.07, 6.45) is -5.81. The Morgan fingerprint density at radius 2 is 1.86 bits per heavy atom. The number of aryl methyl sites for hydroxylation is 1. The first-order valence-corrected chi connectivity index (χ1v) is 13.6. The molecule has 12 nitrogen and oxygen atoms in total. The van der Waals surface area contributed by atoms with Gasteiger partial charge in [0.1, 0.15) is 17.6 Å². The number of aromatic nitrogens is 2. The molecule has 3 rings (SSSR count). The molecular formula is C26H34Cl3FN4O8. The van der Waals surface area contributed by atoms with Crippen molar-refractivity contribution >= 4 is 47.3 Å². The number of nitrogens with two attached hydrogens (primary N) is 1. The van der Waals surface area contributed by atoms with Crippen LogP contribution in [0.5, 0.6) is 11.5 Å². The zero-order valence-electron chi connectivity index (χ0n) is 23.5. The fourth-order valence-electron chi connectivity index (χ4n) is 4.32. The highest BCUT2D eigenvalue weighted by Crippen LogP contribution is 2.41. The second kappa shape index (κ2) is 14.2.